The summed E-state index contributed by atoms with van der Waals surface area (Å²) in [6.07, 6.45) is 4.03. The lowest BCUT2D eigenvalue weighted by Gasteiger charge is -2.14. The molecule has 4 rings (SSSR count). The maximum absolute atomic E-state index is 12.6. The first-order chi connectivity index (χ1) is 16.1. The first kappa shape index (κ1) is 22.3. The van der Waals surface area contributed by atoms with Crippen molar-refractivity contribution in [3.63, 3.8) is 0 Å². The Kier molecular flexibility index (Phi) is 6.84. The van der Waals surface area contributed by atoms with Gasteiger partial charge in [-0.15, -0.1) is 10.2 Å². The minimum Gasteiger partial charge on any atom is -0.482 e. The third-order valence-corrected chi connectivity index (χ3v) is 5.85. The molecular weight excluding hydrogens is 414 g/mol. The average Bonchev–Trinajstić information content (AvgIpc) is 3.06. The second-order valence-corrected chi connectivity index (χ2v) is 8.22. The minimum absolute atomic E-state index is 0.233. The summed E-state index contributed by atoms with van der Waals surface area (Å²) in [5.74, 6) is 1.40. The molecule has 33 heavy (non-hydrogen) atoms. The molecule has 0 unspecified atom stereocenters. The van der Waals surface area contributed by atoms with Crippen molar-refractivity contribution >= 4 is 22.9 Å². The fourth-order valence-corrected chi connectivity index (χ4v) is 3.92. The van der Waals surface area contributed by atoms with Crippen LogP contribution < -0.4 is 5.32 Å². The second-order valence-electron chi connectivity index (χ2n) is 8.22. The summed E-state index contributed by atoms with van der Waals surface area (Å²) in [5.41, 5.74) is 3.95. The molecule has 1 aliphatic heterocycles. The van der Waals surface area contributed by atoms with Gasteiger partial charge in [0.2, 0.25) is 0 Å². The maximum atomic E-state index is 12.6. The average molecular weight is 442 g/mol. The van der Waals surface area contributed by atoms with Crippen molar-refractivity contribution in [2.24, 2.45) is 0 Å². The molecule has 0 aliphatic carbocycles. The standard InChI is InChI=1S/C26H27N5O2/c1-18-12-13-21(15-19(18)2)28-24(32)17-33-25(20-9-5-3-6-10-20)22(16-27)26-30-29-23-11-7-4-8-14-31(23)26/h3,5-6,9-10,12-13,15H,4,7-8,11,14,17H2,1-2H3,(H,28,32). The first-order valence-electron chi connectivity index (χ1n) is 11.2. The lowest BCUT2D eigenvalue weighted by atomic mass is 10.1. The fourth-order valence-electron chi connectivity index (χ4n) is 3.92. The summed E-state index contributed by atoms with van der Waals surface area (Å²) in [5, 5.41) is 21.6. The van der Waals surface area contributed by atoms with Gasteiger partial charge in [0.05, 0.1) is 0 Å². The molecule has 1 aromatic heterocycles. The zero-order valence-electron chi connectivity index (χ0n) is 19.0. The number of nitriles is 1. The minimum atomic E-state index is -0.302. The van der Waals surface area contributed by atoms with E-state index in [0.717, 1.165) is 49.2 Å². The summed E-state index contributed by atoms with van der Waals surface area (Å²) in [6, 6.07) is 17.3. The highest BCUT2D eigenvalue weighted by Crippen LogP contribution is 2.28. The van der Waals surface area contributed by atoms with Crippen LogP contribution in [0, 0.1) is 25.2 Å². The molecule has 7 heteroatoms. The Morgan fingerprint density at radius 1 is 1.09 bits per heavy atom. The van der Waals surface area contributed by atoms with Crippen molar-refractivity contribution in [2.75, 3.05) is 11.9 Å². The number of hydrogen-bond acceptors (Lipinski definition) is 5. The van der Waals surface area contributed by atoms with E-state index in [1.807, 2.05) is 66.9 Å². The van der Waals surface area contributed by atoms with Crippen LogP contribution in [0.4, 0.5) is 5.69 Å². The topological polar surface area (TPSA) is 92.8 Å². The quantitative estimate of drug-likeness (QED) is 0.443. The predicted octanol–water partition coefficient (Wildman–Crippen LogP) is 4.67. The van der Waals surface area contributed by atoms with E-state index < -0.39 is 0 Å². The van der Waals surface area contributed by atoms with Gasteiger partial charge < -0.3 is 14.6 Å². The lowest BCUT2D eigenvalue weighted by molar-refractivity contribution is -0.118. The highest BCUT2D eigenvalue weighted by atomic mass is 16.5. The number of allylic oxidation sites excluding steroid dienone is 1. The van der Waals surface area contributed by atoms with E-state index in [1.165, 1.54) is 0 Å². The molecule has 1 amide bonds. The number of aryl methyl sites for hydroxylation is 3. The van der Waals surface area contributed by atoms with Crippen molar-refractivity contribution in [3.05, 3.63) is 76.9 Å². The number of benzene rings is 2. The number of rotatable bonds is 6. The second kappa shape index (κ2) is 10.1. The summed E-state index contributed by atoms with van der Waals surface area (Å²) in [6.45, 7) is 4.55. The number of nitrogens with one attached hydrogen (secondary N) is 1. The Hall–Kier alpha value is -3.92. The maximum Gasteiger partial charge on any atom is 0.262 e. The fraction of sp³-hybridized carbons (Fsp3) is 0.308. The highest BCUT2D eigenvalue weighted by molar-refractivity contribution is 5.95. The van der Waals surface area contributed by atoms with Gasteiger partial charge in [-0.05, 0) is 49.9 Å². The SMILES string of the molecule is Cc1ccc(NC(=O)COC(=C(C#N)c2nnc3n2CCCCC3)c2ccccc2)cc1C. The highest BCUT2D eigenvalue weighted by Gasteiger charge is 2.23. The number of amides is 1. The van der Waals surface area contributed by atoms with Crippen LogP contribution in [-0.2, 0) is 22.5 Å². The van der Waals surface area contributed by atoms with Crippen LogP contribution in [0.3, 0.4) is 0 Å². The molecule has 3 aromatic rings. The van der Waals surface area contributed by atoms with Crippen molar-refractivity contribution in [3.8, 4) is 6.07 Å². The van der Waals surface area contributed by atoms with Crippen molar-refractivity contribution in [2.45, 2.75) is 46.1 Å². The van der Waals surface area contributed by atoms with Crippen LogP contribution in [0.25, 0.3) is 11.3 Å². The molecule has 0 fully saturated rings. The predicted molar refractivity (Wildman–Crippen MR) is 127 cm³/mol. The van der Waals surface area contributed by atoms with Crippen LogP contribution in [0.2, 0.25) is 0 Å². The molecule has 1 aliphatic rings. The zero-order chi connectivity index (χ0) is 23.2. The first-order valence-corrected chi connectivity index (χ1v) is 11.2. The number of carbonyl (C=O) groups is 1. The largest absolute Gasteiger partial charge is 0.482 e. The molecule has 0 radical (unpaired) electrons. The van der Waals surface area contributed by atoms with E-state index in [2.05, 4.69) is 21.6 Å². The van der Waals surface area contributed by atoms with Gasteiger partial charge in [-0.2, -0.15) is 5.26 Å². The van der Waals surface area contributed by atoms with E-state index >= 15 is 0 Å². The molecule has 7 nitrogen and oxygen atoms in total. The zero-order valence-corrected chi connectivity index (χ0v) is 19.0. The van der Waals surface area contributed by atoms with E-state index in [4.69, 9.17) is 4.74 Å². The van der Waals surface area contributed by atoms with Gasteiger partial charge in [-0.3, -0.25) is 4.79 Å². The molecule has 2 aromatic carbocycles. The molecular formula is C26H27N5O2. The molecule has 168 valence electrons. The molecule has 0 bridgehead atoms. The van der Waals surface area contributed by atoms with Crippen molar-refractivity contribution in [1.82, 2.24) is 14.8 Å². The normalized spacial score (nSPS) is 13.8. The summed E-state index contributed by atoms with van der Waals surface area (Å²) >= 11 is 0. The molecule has 1 N–H and O–H groups in total. The lowest BCUT2D eigenvalue weighted by Crippen LogP contribution is -2.18. The summed E-state index contributed by atoms with van der Waals surface area (Å²) < 4.78 is 7.99. The molecule has 0 spiro atoms. The third kappa shape index (κ3) is 5.12. The number of anilines is 1. The molecule has 0 atom stereocenters. The van der Waals surface area contributed by atoms with Crippen LogP contribution in [0.15, 0.2) is 48.5 Å². The van der Waals surface area contributed by atoms with Crippen LogP contribution in [0.1, 0.15) is 47.6 Å². The Labute approximate surface area is 193 Å². The van der Waals surface area contributed by atoms with Crippen LogP contribution in [-0.4, -0.2) is 27.3 Å². The van der Waals surface area contributed by atoms with Gasteiger partial charge in [-0.1, -0.05) is 42.8 Å². The van der Waals surface area contributed by atoms with Gasteiger partial charge in [0, 0.05) is 24.2 Å². The Morgan fingerprint density at radius 3 is 2.67 bits per heavy atom. The number of ether oxygens (including phenoxy) is 1. The number of nitrogens with zero attached hydrogens (tertiary/aromatic N) is 4. The number of hydrogen-bond donors (Lipinski definition) is 1. The smallest absolute Gasteiger partial charge is 0.262 e. The van der Waals surface area contributed by atoms with Gasteiger partial charge >= 0.3 is 0 Å². The molecule has 2 heterocycles. The number of carbonyl (C=O) groups excluding carboxylic acids is 1. The van der Waals surface area contributed by atoms with Gasteiger partial charge in [-0.25, -0.2) is 0 Å². The number of aromatic nitrogens is 3. The van der Waals surface area contributed by atoms with Crippen LogP contribution >= 0.6 is 0 Å². The van der Waals surface area contributed by atoms with Crippen molar-refractivity contribution in [1.29, 1.82) is 5.26 Å². The van der Waals surface area contributed by atoms with Gasteiger partial charge in [0.25, 0.3) is 5.91 Å². The number of fused-ring (bicyclic) bond motifs is 1. The molecule has 0 saturated carbocycles. The summed E-state index contributed by atoms with van der Waals surface area (Å²) in [4.78, 5) is 12.6. The monoisotopic (exact) mass is 441 g/mol. The van der Waals surface area contributed by atoms with Crippen LogP contribution in [0.5, 0.6) is 0 Å². The van der Waals surface area contributed by atoms with Gasteiger partial charge in [0.1, 0.15) is 23.2 Å². The van der Waals surface area contributed by atoms with E-state index in [9.17, 15) is 10.1 Å². The van der Waals surface area contributed by atoms with E-state index in [0.29, 0.717) is 22.8 Å². The Bertz CT molecular complexity index is 1220. The Balaban J connectivity index is 1.63. The summed E-state index contributed by atoms with van der Waals surface area (Å²) in [7, 11) is 0. The van der Waals surface area contributed by atoms with Gasteiger partial charge in [0.15, 0.2) is 12.4 Å². The molecule has 0 saturated heterocycles. The third-order valence-electron chi connectivity index (χ3n) is 5.85. The Morgan fingerprint density at radius 2 is 1.91 bits per heavy atom. The van der Waals surface area contributed by atoms with E-state index in [-0.39, 0.29) is 18.1 Å². The van der Waals surface area contributed by atoms with E-state index in [1.54, 1.807) is 0 Å². The van der Waals surface area contributed by atoms with Crippen molar-refractivity contribution < 1.29 is 9.53 Å².